The van der Waals surface area contributed by atoms with Gasteiger partial charge in [0.05, 0.1) is 16.4 Å². The van der Waals surface area contributed by atoms with Crippen LogP contribution in [0.5, 0.6) is 0 Å². The number of carbonyl (C=O) groups is 1. The summed E-state index contributed by atoms with van der Waals surface area (Å²) in [5, 5.41) is 6.69. The largest absolute Gasteiger partial charge is 0.396 e. The Labute approximate surface area is 128 Å². The van der Waals surface area contributed by atoms with Gasteiger partial charge in [0.2, 0.25) is 0 Å². The van der Waals surface area contributed by atoms with Crippen molar-refractivity contribution in [3.63, 3.8) is 0 Å². The van der Waals surface area contributed by atoms with E-state index in [0.29, 0.717) is 11.0 Å². The lowest BCUT2D eigenvalue weighted by atomic mass is 10.3. The Morgan fingerprint density at radius 3 is 2.85 bits per heavy atom. The zero-order valence-corrected chi connectivity index (χ0v) is 12.8. The summed E-state index contributed by atoms with van der Waals surface area (Å²) >= 11 is 9.04. The molecular weight excluding hydrogens is 351 g/mol. The lowest BCUT2D eigenvalue weighted by Gasteiger charge is -2.08. The van der Waals surface area contributed by atoms with E-state index < -0.39 is 11.7 Å². The van der Waals surface area contributed by atoms with Crippen molar-refractivity contribution in [3.05, 3.63) is 39.3 Å². The molecule has 0 aliphatic carbocycles. The van der Waals surface area contributed by atoms with E-state index in [1.165, 1.54) is 6.07 Å². The number of nitrogen functional groups attached to an aromatic ring is 1. The van der Waals surface area contributed by atoms with Gasteiger partial charge in [-0.25, -0.2) is 4.39 Å². The predicted octanol–water partition coefficient (Wildman–Crippen LogP) is 3.29. The molecule has 0 aliphatic heterocycles. The standard InChI is InChI=1S/C12H11BrClFN4O/c1-2-19-5-9(16)11(18-19)12(20)17-10-7(13)3-6(15)4-8(10)14/h3-5H,2,16H2,1H3,(H,17,20). The molecule has 0 fully saturated rings. The molecule has 0 unspecified atom stereocenters. The molecule has 20 heavy (non-hydrogen) atoms. The zero-order valence-electron chi connectivity index (χ0n) is 10.5. The summed E-state index contributed by atoms with van der Waals surface area (Å²) in [5.41, 5.74) is 6.35. The maximum atomic E-state index is 13.1. The van der Waals surface area contributed by atoms with Crippen LogP contribution in [0.4, 0.5) is 15.8 Å². The topological polar surface area (TPSA) is 72.9 Å². The first-order valence-corrected chi connectivity index (χ1v) is 6.88. The molecule has 1 aromatic heterocycles. The Morgan fingerprint density at radius 2 is 2.30 bits per heavy atom. The molecule has 106 valence electrons. The Balaban J connectivity index is 2.30. The third kappa shape index (κ3) is 2.94. The van der Waals surface area contributed by atoms with Gasteiger partial charge in [-0.15, -0.1) is 0 Å². The van der Waals surface area contributed by atoms with Crippen LogP contribution in [-0.4, -0.2) is 15.7 Å². The van der Waals surface area contributed by atoms with Gasteiger partial charge in [0.25, 0.3) is 5.91 Å². The third-order valence-electron chi connectivity index (χ3n) is 2.57. The molecular formula is C12H11BrClFN4O. The lowest BCUT2D eigenvalue weighted by molar-refractivity contribution is 0.102. The molecule has 0 saturated heterocycles. The fraction of sp³-hybridized carbons (Fsp3) is 0.167. The highest BCUT2D eigenvalue weighted by Crippen LogP contribution is 2.32. The van der Waals surface area contributed by atoms with Crippen molar-refractivity contribution >= 4 is 44.8 Å². The van der Waals surface area contributed by atoms with E-state index in [0.717, 1.165) is 6.07 Å². The normalized spacial score (nSPS) is 10.6. The van der Waals surface area contributed by atoms with Gasteiger partial charge in [0.15, 0.2) is 5.69 Å². The van der Waals surface area contributed by atoms with Gasteiger partial charge < -0.3 is 11.1 Å². The number of anilines is 2. The molecule has 0 atom stereocenters. The van der Waals surface area contributed by atoms with Crippen LogP contribution >= 0.6 is 27.5 Å². The summed E-state index contributed by atoms with van der Waals surface area (Å²) in [6, 6.07) is 2.31. The number of hydrogen-bond acceptors (Lipinski definition) is 3. The molecule has 0 aliphatic rings. The van der Waals surface area contributed by atoms with Crippen molar-refractivity contribution in [1.82, 2.24) is 9.78 Å². The first-order valence-electron chi connectivity index (χ1n) is 5.71. The summed E-state index contributed by atoms with van der Waals surface area (Å²) in [4.78, 5) is 12.1. The van der Waals surface area contributed by atoms with Crippen LogP contribution < -0.4 is 11.1 Å². The minimum absolute atomic E-state index is 0.0821. The maximum absolute atomic E-state index is 13.1. The molecule has 0 spiro atoms. The number of nitrogens with two attached hydrogens (primary N) is 1. The lowest BCUT2D eigenvalue weighted by Crippen LogP contribution is -2.15. The van der Waals surface area contributed by atoms with Crippen LogP contribution in [0, 0.1) is 5.82 Å². The van der Waals surface area contributed by atoms with E-state index in [9.17, 15) is 9.18 Å². The summed E-state index contributed by atoms with van der Waals surface area (Å²) in [7, 11) is 0. The predicted molar refractivity (Wildman–Crippen MR) is 79.4 cm³/mol. The Kier molecular flexibility index (Phi) is 4.29. The first-order chi connectivity index (χ1) is 9.42. The summed E-state index contributed by atoms with van der Waals surface area (Å²) in [6.45, 7) is 2.47. The summed E-state index contributed by atoms with van der Waals surface area (Å²) < 4.78 is 15.0. The molecule has 2 rings (SSSR count). The number of aromatic nitrogens is 2. The SMILES string of the molecule is CCn1cc(N)c(C(=O)Nc2c(Cl)cc(F)cc2Br)n1. The molecule has 0 saturated carbocycles. The Morgan fingerprint density at radius 1 is 1.60 bits per heavy atom. The maximum Gasteiger partial charge on any atom is 0.278 e. The second-order valence-corrected chi connectivity index (χ2v) is 5.25. The van der Waals surface area contributed by atoms with Crippen molar-refractivity contribution < 1.29 is 9.18 Å². The Hall–Kier alpha value is -1.60. The zero-order chi connectivity index (χ0) is 14.9. The highest BCUT2D eigenvalue weighted by Gasteiger charge is 2.18. The van der Waals surface area contributed by atoms with E-state index in [1.54, 1.807) is 10.9 Å². The molecule has 0 radical (unpaired) electrons. The van der Waals surface area contributed by atoms with Gasteiger partial charge in [0.1, 0.15) is 5.82 Å². The number of amides is 1. The second-order valence-electron chi connectivity index (χ2n) is 3.99. The molecule has 3 N–H and O–H groups in total. The van der Waals surface area contributed by atoms with Crippen molar-refractivity contribution in [2.45, 2.75) is 13.5 Å². The van der Waals surface area contributed by atoms with Crippen molar-refractivity contribution in [2.24, 2.45) is 0 Å². The van der Waals surface area contributed by atoms with Crippen LogP contribution in [-0.2, 0) is 6.54 Å². The molecule has 1 amide bonds. The number of halogens is 3. The van der Waals surface area contributed by atoms with Crippen LogP contribution in [0.25, 0.3) is 0 Å². The van der Waals surface area contributed by atoms with E-state index in [1.807, 2.05) is 6.92 Å². The van der Waals surface area contributed by atoms with Gasteiger partial charge >= 0.3 is 0 Å². The molecule has 0 bridgehead atoms. The van der Waals surface area contributed by atoms with Gasteiger partial charge in [-0.1, -0.05) is 11.6 Å². The summed E-state index contributed by atoms with van der Waals surface area (Å²) in [6.07, 6.45) is 1.57. The van der Waals surface area contributed by atoms with Gasteiger partial charge in [-0.3, -0.25) is 9.48 Å². The monoisotopic (exact) mass is 360 g/mol. The number of rotatable bonds is 3. The second kappa shape index (κ2) is 5.80. The van der Waals surface area contributed by atoms with Crippen LogP contribution in [0.1, 0.15) is 17.4 Å². The van der Waals surface area contributed by atoms with E-state index >= 15 is 0 Å². The fourth-order valence-corrected chi connectivity index (χ4v) is 2.51. The average molecular weight is 362 g/mol. The highest BCUT2D eigenvalue weighted by molar-refractivity contribution is 9.10. The fourth-order valence-electron chi connectivity index (χ4n) is 1.61. The minimum atomic E-state index is -0.510. The molecule has 5 nitrogen and oxygen atoms in total. The number of benzene rings is 1. The molecule has 1 aromatic carbocycles. The van der Waals surface area contributed by atoms with E-state index in [4.69, 9.17) is 17.3 Å². The van der Waals surface area contributed by atoms with Crippen LogP contribution in [0.15, 0.2) is 22.8 Å². The number of hydrogen-bond donors (Lipinski definition) is 2. The Bertz CT molecular complexity index is 650. The van der Waals surface area contributed by atoms with Gasteiger partial charge in [-0.2, -0.15) is 5.10 Å². The van der Waals surface area contributed by atoms with Crippen molar-refractivity contribution in [3.8, 4) is 0 Å². The average Bonchev–Trinajstić information content (AvgIpc) is 2.75. The smallest absolute Gasteiger partial charge is 0.278 e. The van der Waals surface area contributed by atoms with Crippen molar-refractivity contribution in [1.29, 1.82) is 0 Å². The molecule has 8 heteroatoms. The molecule has 1 heterocycles. The van der Waals surface area contributed by atoms with Crippen molar-refractivity contribution in [2.75, 3.05) is 11.1 Å². The van der Waals surface area contributed by atoms with E-state index in [2.05, 4.69) is 26.3 Å². The van der Waals surface area contributed by atoms with Crippen LogP contribution in [0.3, 0.4) is 0 Å². The van der Waals surface area contributed by atoms with Gasteiger partial charge in [-0.05, 0) is 35.0 Å². The quantitative estimate of drug-likeness (QED) is 0.881. The van der Waals surface area contributed by atoms with Crippen LogP contribution in [0.2, 0.25) is 5.02 Å². The first kappa shape index (κ1) is 14.8. The number of aryl methyl sites for hydroxylation is 1. The van der Waals surface area contributed by atoms with Gasteiger partial charge in [0, 0.05) is 17.2 Å². The van der Waals surface area contributed by atoms with E-state index in [-0.39, 0.29) is 22.1 Å². The molecule has 2 aromatic rings. The number of nitrogens with zero attached hydrogens (tertiary/aromatic N) is 2. The minimum Gasteiger partial charge on any atom is -0.396 e. The number of carbonyl (C=O) groups excluding carboxylic acids is 1. The summed E-state index contributed by atoms with van der Waals surface area (Å²) in [5.74, 6) is -1.02. The third-order valence-corrected chi connectivity index (χ3v) is 3.50. The highest BCUT2D eigenvalue weighted by atomic mass is 79.9. The number of nitrogens with one attached hydrogen (secondary N) is 1.